The van der Waals surface area contributed by atoms with E-state index in [1.165, 1.54) is 4.90 Å². The molecule has 4 N–H and O–H groups in total. The molecule has 1 aromatic carbocycles. The molecule has 0 aromatic heterocycles. The monoisotopic (exact) mass is 492 g/mol. The van der Waals surface area contributed by atoms with Gasteiger partial charge in [-0.2, -0.15) is 0 Å². The van der Waals surface area contributed by atoms with E-state index in [0.717, 1.165) is 5.56 Å². The first-order valence-corrected chi connectivity index (χ1v) is 11.2. The number of nitrogens with zero attached hydrogens (tertiary/aromatic N) is 1. The number of hydrogen-bond donors (Lipinski definition) is 4. The number of aryl methyl sites for hydroxylation is 1. The van der Waals surface area contributed by atoms with Crippen LogP contribution in [0.15, 0.2) is 42.5 Å². The Bertz CT molecular complexity index is 886. The number of carbonyl (C=O) groups excluding carboxylic acids is 2. The van der Waals surface area contributed by atoms with E-state index in [-0.39, 0.29) is 12.5 Å². The standard InChI is InChI=1S/C20H28N2O5.C4H4O4/c1-3-27-20(26)16(12-11-15-8-5-4-6-9-15)21-14(2)18(23)22-13-7-10-17(22)19(24)25;5-3(6)1-2-4(7)8/h4-6,8-9,14,16-17,21H,3,7,10-13H2,1-2H3,(H,24,25);1-2H,(H,5,6)(H,7,8)/b;2-1+/t14-,16-,17+;/m0./s1. The summed E-state index contributed by atoms with van der Waals surface area (Å²) in [6.45, 7) is 4.09. The van der Waals surface area contributed by atoms with Crippen LogP contribution in [0.25, 0.3) is 0 Å². The highest BCUT2D eigenvalue weighted by Gasteiger charge is 2.36. The van der Waals surface area contributed by atoms with Crippen molar-refractivity contribution < 1.29 is 44.0 Å². The summed E-state index contributed by atoms with van der Waals surface area (Å²) in [5, 5.41) is 27.9. The highest BCUT2D eigenvalue weighted by Crippen LogP contribution is 2.19. The Morgan fingerprint density at radius 3 is 2.20 bits per heavy atom. The molecular formula is C24H32N2O9. The van der Waals surface area contributed by atoms with Crippen molar-refractivity contribution in [1.82, 2.24) is 10.2 Å². The molecule has 3 atom stereocenters. The van der Waals surface area contributed by atoms with Gasteiger partial charge in [-0.1, -0.05) is 30.3 Å². The average Bonchev–Trinajstić information content (AvgIpc) is 3.31. The van der Waals surface area contributed by atoms with Crippen LogP contribution < -0.4 is 5.32 Å². The molecule has 192 valence electrons. The van der Waals surface area contributed by atoms with E-state index in [1.807, 2.05) is 30.3 Å². The van der Waals surface area contributed by atoms with Gasteiger partial charge in [0.1, 0.15) is 12.1 Å². The lowest BCUT2D eigenvalue weighted by Gasteiger charge is -2.27. The van der Waals surface area contributed by atoms with E-state index in [0.29, 0.717) is 44.4 Å². The maximum absolute atomic E-state index is 12.7. The van der Waals surface area contributed by atoms with Crippen LogP contribution in [0.2, 0.25) is 0 Å². The Morgan fingerprint density at radius 2 is 1.69 bits per heavy atom. The van der Waals surface area contributed by atoms with Gasteiger partial charge in [0.05, 0.1) is 12.6 Å². The van der Waals surface area contributed by atoms with Crippen molar-refractivity contribution in [1.29, 1.82) is 0 Å². The third-order valence-corrected chi connectivity index (χ3v) is 5.15. The number of nitrogens with one attached hydrogen (secondary N) is 1. The number of carboxylic acids is 3. The largest absolute Gasteiger partial charge is 0.480 e. The van der Waals surface area contributed by atoms with Crippen molar-refractivity contribution >= 4 is 29.8 Å². The summed E-state index contributed by atoms with van der Waals surface area (Å²) in [6, 6.07) is 7.69. The van der Waals surface area contributed by atoms with Crippen molar-refractivity contribution in [3.05, 3.63) is 48.0 Å². The molecular weight excluding hydrogens is 460 g/mol. The fourth-order valence-corrected chi connectivity index (χ4v) is 3.52. The molecule has 2 rings (SSSR count). The quantitative estimate of drug-likeness (QED) is 0.261. The zero-order valence-electron chi connectivity index (χ0n) is 19.8. The lowest BCUT2D eigenvalue weighted by atomic mass is 10.0. The number of carboxylic acid groups (broad SMARTS) is 3. The lowest BCUT2D eigenvalue weighted by Crippen LogP contribution is -2.53. The average molecular weight is 493 g/mol. The van der Waals surface area contributed by atoms with Gasteiger partial charge in [-0.15, -0.1) is 0 Å². The molecule has 1 aliphatic rings. The summed E-state index contributed by atoms with van der Waals surface area (Å²) in [7, 11) is 0. The molecule has 0 spiro atoms. The number of amides is 1. The van der Waals surface area contributed by atoms with Gasteiger partial charge in [-0.25, -0.2) is 14.4 Å². The summed E-state index contributed by atoms with van der Waals surface area (Å²) in [5.41, 5.74) is 1.10. The Kier molecular flexibility index (Phi) is 12.7. The predicted octanol–water partition coefficient (Wildman–Crippen LogP) is 1.32. The molecule has 1 aromatic rings. The second kappa shape index (κ2) is 15.2. The highest BCUT2D eigenvalue weighted by molar-refractivity contribution is 5.89. The number of rotatable bonds is 11. The summed E-state index contributed by atoms with van der Waals surface area (Å²) >= 11 is 0. The molecule has 11 heteroatoms. The van der Waals surface area contributed by atoms with Crippen LogP contribution in [-0.4, -0.2) is 81.3 Å². The summed E-state index contributed by atoms with van der Waals surface area (Å²) < 4.78 is 5.14. The second-order valence-electron chi connectivity index (χ2n) is 7.75. The van der Waals surface area contributed by atoms with E-state index in [9.17, 15) is 29.1 Å². The second-order valence-corrected chi connectivity index (χ2v) is 7.75. The molecule has 1 fully saturated rings. The minimum atomic E-state index is -1.26. The Morgan fingerprint density at radius 1 is 1.09 bits per heavy atom. The zero-order valence-corrected chi connectivity index (χ0v) is 19.8. The number of hydrogen-bond acceptors (Lipinski definition) is 7. The van der Waals surface area contributed by atoms with Crippen LogP contribution >= 0.6 is 0 Å². The third-order valence-electron chi connectivity index (χ3n) is 5.15. The smallest absolute Gasteiger partial charge is 0.328 e. The predicted molar refractivity (Wildman–Crippen MR) is 125 cm³/mol. The minimum Gasteiger partial charge on any atom is -0.480 e. The van der Waals surface area contributed by atoms with Crippen LogP contribution in [0, 0.1) is 0 Å². The topological polar surface area (TPSA) is 171 Å². The minimum absolute atomic E-state index is 0.262. The first-order valence-electron chi connectivity index (χ1n) is 11.2. The molecule has 0 aliphatic carbocycles. The fourth-order valence-electron chi connectivity index (χ4n) is 3.52. The molecule has 11 nitrogen and oxygen atoms in total. The Labute approximate surface area is 203 Å². The molecule has 1 aliphatic heterocycles. The fraction of sp³-hybridized carbons (Fsp3) is 0.458. The first-order chi connectivity index (χ1) is 16.6. The summed E-state index contributed by atoms with van der Waals surface area (Å²) in [6.07, 6.45) is 3.40. The Balaban J connectivity index is 0.000000658. The molecule has 0 bridgehead atoms. The highest BCUT2D eigenvalue weighted by atomic mass is 16.5. The number of carbonyl (C=O) groups is 5. The number of benzene rings is 1. The molecule has 0 saturated carbocycles. The number of esters is 1. The van der Waals surface area contributed by atoms with Crippen LogP contribution in [0.3, 0.4) is 0 Å². The van der Waals surface area contributed by atoms with Gasteiger partial charge in [0.2, 0.25) is 5.91 Å². The van der Waals surface area contributed by atoms with Gasteiger partial charge in [0, 0.05) is 18.7 Å². The van der Waals surface area contributed by atoms with Crippen molar-refractivity contribution in [2.45, 2.75) is 57.7 Å². The van der Waals surface area contributed by atoms with E-state index < -0.39 is 42.0 Å². The van der Waals surface area contributed by atoms with Gasteiger partial charge < -0.3 is 25.0 Å². The van der Waals surface area contributed by atoms with Gasteiger partial charge in [-0.05, 0) is 45.1 Å². The Hall–Kier alpha value is -3.73. The van der Waals surface area contributed by atoms with Gasteiger partial charge in [0.15, 0.2) is 0 Å². The van der Waals surface area contributed by atoms with Crippen molar-refractivity contribution in [2.75, 3.05) is 13.2 Å². The first kappa shape index (κ1) is 29.3. The van der Waals surface area contributed by atoms with Crippen molar-refractivity contribution in [3.63, 3.8) is 0 Å². The normalized spacial score (nSPS) is 16.6. The maximum atomic E-state index is 12.7. The van der Waals surface area contributed by atoms with Crippen molar-refractivity contribution in [3.8, 4) is 0 Å². The van der Waals surface area contributed by atoms with Gasteiger partial charge >= 0.3 is 23.9 Å². The molecule has 35 heavy (non-hydrogen) atoms. The number of likely N-dealkylation sites (tertiary alicyclic amines) is 1. The van der Waals surface area contributed by atoms with E-state index >= 15 is 0 Å². The number of ether oxygens (including phenoxy) is 1. The molecule has 1 amide bonds. The van der Waals surface area contributed by atoms with Crippen LogP contribution in [0.1, 0.15) is 38.7 Å². The SMILES string of the molecule is CCOC(=O)[C@H](CCc1ccccc1)N[C@@H](C)C(=O)N1CCC[C@@H]1C(=O)O.O=C(O)/C=C/C(=O)O. The zero-order chi connectivity index (χ0) is 26.4. The molecule has 1 heterocycles. The van der Waals surface area contributed by atoms with Gasteiger partial charge in [0.25, 0.3) is 0 Å². The van der Waals surface area contributed by atoms with E-state index in [2.05, 4.69) is 5.32 Å². The number of aliphatic carboxylic acids is 3. The summed E-state index contributed by atoms with van der Waals surface area (Å²) in [5.74, 6) is -4.20. The lowest BCUT2D eigenvalue weighted by molar-refractivity contribution is -0.150. The van der Waals surface area contributed by atoms with Crippen molar-refractivity contribution in [2.24, 2.45) is 0 Å². The van der Waals surface area contributed by atoms with Crippen LogP contribution in [-0.2, 0) is 35.1 Å². The molecule has 0 radical (unpaired) electrons. The summed E-state index contributed by atoms with van der Waals surface area (Å²) in [4.78, 5) is 56.8. The third kappa shape index (κ3) is 10.8. The van der Waals surface area contributed by atoms with Crippen LogP contribution in [0.5, 0.6) is 0 Å². The molecule has 0 unspecified atom stereocenters. The van der Waals surface area contributed by atoms with Gasteiger partial charge in [-0.3, -0.25) is 14.9 Å². The van der Waals surface area contributed by atoms with E-state index in [1.54, 1.807) is 13.8 Å². The van der Waals surface area contributed by atoms with Crippen LogP contribution in [0.4, 0.5) is 0 Å². The van der Waals surface area contributed by atoms with E-state index in [4.69, 9.17) is 14.9 Å². The molecule has 1 saturated heterocycles. The maximum Gasteiger partial charge on any atom is 0.328 e.